The molecule has 8 heteroatoms. The van der Waals surface area contributed by atoms with Crippen LogP contribution in [0.1, 0.15) is 41.9 Å². The molecule has 37 heavy (non-hydrogen) atoms. The van der Waals surface area contributed by atoms with Crippen molar-refractivity contribution in [1.82, 2.24) is 19.6 Å². The molecule has 2 fully saturated rings. The van der Waals surface area contributed by atoms with E-state index in [4.69, 9.17) is 16.5 Å². The number of hydrogen-bond acceptors (Lipinski definition) is 6. The van der Waals surface area contributed by atoms with E-state index in [1.165, 1.54) is 0 Å². The van der Waals surface area contributed by atoms with Gasteiger partial charge in [-0.05, 0) is 60.9 Å². The van der Waals surface area contributed by atoms with Crippen molar-refractivity contribution in [3.05, 3.63) is 84.2 Å². The first kappa shape index (κ1) is 22.1. The second-order valence-corrected chi connectivity index (χ2v) is 10.5. The molecule has 2 aliphatic rings. The van der Waals surface area contributed by atoms with Crippen LogP contribution in [-0.2, 0) is 5.54 Å². The van der Waals surface area contributed by atoms with Crippen LogP contribution < -0.4 is 11.5 Å². The van der Waals surface area contributed by atoms with Crippen LogP contribution in [0, 0.1) is 5.92 Å². The van der Waals surface area contributed by atoms with E-state index in [-0.39, 0.29) is 5.82 Å². The summed E-state index contributed by atoms with van der Waals surface area (Å²) in [6.45, 7) is 0. The molecule has 2 aromatic carbocycles. The Morgan fingerprint density at radius 3 is 2.35 bits per heavy atom. The highest BCUT2D eigenvalue weighted by Gasteiger charge is 2.58. The Morgan fingerprint density at radius 1 is 0.946 bits per heavy atom. The van der Waals surface area contributed by atoms with Crippen LogP contribution in [0.15, 0.2) is 72.8 Å². The van der Waals surface area contributed by atoms with Gasteiger partial charge >= 0.3 is 0 Å². The van der Waals surface area contributed by atoms with E-state index in [9.17, 15) is 9.90 Å². The number of nitrogens with zero attached hydrogens (tertiary/aromatic N) is 4. The first-order valence-electron chi connectivity index (χ1n) is 12.5. The molecule has 3 aromatic heterocycles. The molecule has 2 saturated carbocycles. The molecule has 5 aromatic rings. The van der Waals surface area contributed by atoms with E-state index in [1.54, 1.807) is 10.5 Å². The molecule has 3 heterocycles. The summed E-state index contributed by atoms with van der Waals surface area (Å²) in [5.74, 6) is -0.175. The number of hydrogen-bond donors (Lipinski definition) is 3. The average Bonchev–Trinajstić information content (AvgIpc) is 3.66. The first-order valence-corrected chi connectivity index (χ1v) is 12.5. The van der Waals surface area contributed by atoms with E-state index in [1.807, 2.05) is 54.6 Å². The van der Waals surface area contributed by atoms with E-state index >= 15 is 0 Å². The maximum absolute atomic E-state index is 12.0. The Balaban J connectivity index is 1.36. The lowest BCUT2D eigenvalue weighted by molar-refractivity contribution is -0.106. The molecule has 0 atom stereocenters. The third-order valence-corrected chi connectivity index (χ3v) is 7.97. The van der Waals surface area contributed by atoms with Crippen molar-refractivity contribution >= 4 is 22.6 Å². The van der Waals surface area contributed by atoms with E-state index in [2.05, 4.69) is 22.3 Å². The molecule has 5 N–H and O–H groups in total. The largest absolute Gasteiger partial charge is 0.389 e. The lowest BCUT2D eigenvalue weighted by atomic mass is 9.60. The zero-order valence-electron chi connectivity index (χ0n) is 20.1. The van der Waals surface area contributed by atoms with Crippen molar-refractivity contribution in [2.75, 3.05) is 0 Å². The molecule has 2 aliphatic carbocycles. The number of nitrogens with two attached hydrogens (primary N) is 2. The average molecular weight is 491 g/mol. The molecular formula is C29H26N6O2. The summed E-state index contributed by atoms with van der Waals surface area (Å²) < 4.78 is 1.65. The van der Waals surface area contributed by atoms with E-state index < -0.39 is 17.0 Å². The Bertz CT molecular complexity index is 1680. The van der Waals surface area contributed by atoms with Gasteiger partial charge in [-0.15, -0.1) is 10.2 Å². The summed E-state index contributed by atoms with van der Waals surface area (Å²) in [5.41, 5.74) is 17.8. The van der Waals surface area contributed by atoms with Gasteiger partial charge in [-0.1, -0.05) is 54.6 Å². The fourth-order valence-electron chi connectivity index (χ4n) is 5.95. The summed E-state index contributed by atoms with van der Waals surface area (Å²) >= 11 is 0. The predicted molar refractivity (Wildman–Crippen MR) is 140 cm³/mol. The van der Waals surface area contributed by atoms with Gasteiger partial charge in [0, 0.05) is 16.7 Å². The van der Waals surface area contributed by atoms with Gasteiger partial charge in [0.15, 0.2) is 5.65 Å². The van der Waals surface area contributed by atoms with Crippen molar-refractivity contribution in [1.29, 1.82) is 0 Å². The van der Waals surface area contributed by atoms with Crippen LogP contribution >= 0.6 is 0 Å². The summed E-state index contributed by atoms with van der Waals surface area (Å²) in [6.07, 6.45) is 3.41. The van der Waals surface area contributed by atoms with Crippen LogP contribution in [0.2, 0.25) is 0 Å². The monoisotopic (exact) mass is 490 g/mol. The zero-order valence-corrected chi connectivity index (χ0v) is 20.1. The summed E-state index contributed by atoms with van der Waals surface area (Å²) in [7, 11) is 0. The molecule has 1 amide bonds. The maximum atomic E-state index is 12.0. The van der Waals surface area contributed by atoms with Gasteiger partial charge in [0.25, 0.3) is 5.91 Å². The quantitative estimate of drug-likeness (QED) is 0.343. The molecular weight excluding hydrogens is 464 g/mol. The lowest BCUT2D eigenvalue weighted by Crippen LogP contribution is -2.60. The molecule has 8 nitrogen and oxygen atoms in total. The number of carbonyl (C=O) groups excluding carboxylic acids is 1. The van der Waals surface area contributed by atoms with Gasteiger partial charge in [0.05, 0.1) is 22.3 Å². The topological polar surface area (TPSA) is 132 Å². The van der Waals surface area contributed by atoms with Crippen LogP contribution in [0.3, 0.4) is 0 Å². The van der Waals surface area contributed by atoms with Gasteiger partial charge in [0.2, 0.25) is 5.82 Å². The molecule has 7 rings (SSSR count). The van der Waals surface area contributed by atoms with Crippen LogP contribution in [0.25, 0.3) is 39.1 Å². The highest BCUT2D eigenvalue weighted by Crippen LogP contribution is 2.57. The molecule has 184 valence electrons. The molecule has 0 unspecified atom stereocenters. The van der Waals surface area contributed by atoms with Crippen molar-refractivity contribution in [2.45, 2.75) is 36.8 Å². The molecule has 0 aliphatic heterocycles. The fraction of sp³-hybridized carbons (Fsp3) is 0.241. The number of benzene rings is 2. The zero-order chi connectivity index (χ0) is 25.4. The van der Waals surface area contributed by atoms with Gasteiger partial charge in [-0.3, -0.25) is 9.20 Å². The van der Waals surface area contributed by atoms with Gasteiger partial charge < -0.3 is 16.6 Å². The second kappa shape index (κ2) is 7.68. The number of rotatable bonds is 5. The van der Waals surface area contributed by atoms with Crippen molar-refractivity contribution in [2.24, 2.45) is 17.4 Å². The molecule has 0 spiro atoms. The van der Waals surface area contributed by atoms with Crippen molar-refractivity contribution in [3.63, 3.8) is 0 Å². The second-order valence-electron chi connectivity index (χ2n) is 10.5. The molecule has 0 radical (unpaired) electrons. The Morgan fingerprint density at radius 2 is 1.68 bits per heavy atom. The molecule has 0 saturated heterocycles. The smallest absolute Gasteiger partial charge is 0.287 e. The minimum atomic E-state index is -0.652. The Kier molecular flexibility index (Phi) is 4.58. The van der Waals surface area contributed by atoms with Crippen LogP contribution in [0.4, 0.5) is 0 Å². The lowest BCUT2D eigenvalue weighted by Gasteiger charge is -2.52. The van der Waals surface area contributed by atoms with Crippen LogP contribution in [-0.4, -0.2) is 36.2 Å². The first-order chi connectivity index (χ1) is 17.8. The number of amides is 1. The fourth-order valence-corrected chi connectivity index (χ4v) is 5.95. The number of fused-ring (bicyclic) bond motifs is 3. The van der Waals surface area contributed by atoms with E-state index in [0.717, 1.165) is 40.8 Å². The number of pyridine rings is 2. The van der Waals surface area contributed by atoms with Crippen molar-refractivity contribution < 1.29 is 9.90 Å². The standard InChI is InChI=1S/C29H26N6O2/c30-26(36)27-34-33-24-13-12-22-23(35(24)27)14-21(17-4-2-1-3-5-17)25(32-22)18-6-8-19(9-7-18)28(31)15-29(37,16-28)20-10-11-20/h1-9,12-14,20,37H,10-11,15-16,31H2,(H2,30,36). The summed E-state index contributed by atoms with van der Waals surface area (Å²) in [4.78, 5) is 17.1. The van der Waals surface area contributed by atoms with Gasteiger partial charge in [-0.25, -0.2) is 4.98 Å². The summed E-state index contributed by atoms with van der Waals surface area (Å²) in [6, 6.07) is 23.9. The SMILES string of the molecule is NC(=O)c1nnc2ccc3nc(-c4ccc(C5(N)CC(O)(C6CC6)C5)cc4)c(-c4ccccc4)cc3n12. The normalized spacial score (nSPS) is 23.3. The Hall–Kier alpha value is -4.14. The third kappa shape index (κ3) is 3.44. The minimum Gasteiger partial charge on any atom is -0.389 e. The number of aromatic nitrogens is 4. The van der Waals surface area contributed by atoms with Gasteiger partial charge in [-0.2, -0.15) is 0 Å². The summed E-state index contributed by atoms with van der Waals surface area (Å²) in [5, 5.41) is 18.9. The number of carbonyl (C=O) groups is 1. The van der Waals surface area contributed by atoms with E-state index in [0.29, 0.717) is 35.4 Å². The minimum absolute atomic E-state index is 0.0680. The highest BCUT2D eigenvalue weighted by atomic mass is 16.3. The molecule has 0 bridgehead atoms. The Labute approximate surface area is 213 Å². The van der Waals surface area contributed by atoms with Crippen molar-refractivity contribution in [3.8, 4) is 22.4 Å². The highest BCUT2D eigenvalue weighted by molar-refractivity contribution is 5.95. The van der Waals surface area contributed by atoms with Crippen LogP contribution in [0.5, 0.6) is 0 Å². The van der Waals surface area contributed by atoms with Gasteiger partial charge in [0.1, 0.15) is 0 Å². The third-order valence-electron chi connectivity index (χ3n) is 7.97. The number of primary amides is 1. The number of aliphatic hydroxyl groups is 1. The predicted octanol–water partition coefficient (Wildman–Crippen LogP) is 3.80. The maximum Gasteiger partial charge on any atom is 0.287 e.